The molecule has 0 aromatic heterocycles. The summed E-state index contributed by atoms with van der Waals surface area (Å²) in [5.41, 5.74) is -4.16. The second-order valence-electron chi connectivity index (χ2n) is 6.54. The van der Waals surface area contributed by atoms with Crippen molar-refractivity contribution in [2.75, 3.05) is 13.7 Å². The molecule has 0 saturated carbocycles. The van der Waals surface area contributed by atoms with E-state index in [1.807, 2.05) is 13.0 Å². The molecule has 0 amide bonds. The van der Waals surface area contributed by atoms with Crippen LogP contribution in [0, 0.1) is 12.8 Å². The van der Waals surface area contributed by atoms with Gasteiger partial charge >= 0.3 is 5.97 Å². The van der Waals surface area contributed by atoms with Crippen molar-refractivity contribution in [3.8, 4) is 0 Å². The molecule has 3 atom stereocenters. The Balaban J connectivity index is 2.48. The van der Waals surface area contributed by atoms with E-state index < -0.39 is 35.5 Å². The average molecular weight is 344 g/mol. The van der Waals surface area contributed by atoms with Crippen LogP contribution < -0.4 is 0 Å². The van der Waals surface area contributed by atoms with E-state index in [1.165, 1.54) is 13.0 Å². The number of aryl methyl sites for hydroxylation is 1. The van der Waals surface area contributed by atoms with Gasteiger partial charge in [0.2, 0.25) is 5.60 Å². The third-order valence-electron chi connectivity index (χ3n) is 5.25. The number of esters is 1. The molecular weight excluding hydrogens is 324 g/mol. The van der Waals surface area contributed by atoms with E-state index in [-0.39, 0.29) is 11.1 Å². The van der Waals surface area contributed by atoms with Gasteiger partial charge in [0, 0.05) is 23.7 Å². The van der Waals surface area contributed by atoms with E-state index in [0.29, 0.717) is 5.39 Å². The van der Waals surface area contributed by atoms with E-state index in [1.54, 1.807) is 18.2 Å². The molecule has 0 saturated heterocycles. The molecule has 6 heteroatoms. The van der Waals surface area contributed by atoms with E-state index in [9.17, 15) is 24.9 Å². The number of hydrogen-bond acceptors (Lipinski definition) is 6. The minimum atomic E-state index is -2.61. The SMILES string of the molecule is COC(=O)C1(O)c2c(ccc3c(C)cccc23)C(=O)C1(O)C(C)CO. The number of carbonyl (C=O) groups excluding carboxylic acids is 2. The number of hydrogen-bond donors (Lipinski definition) is 3. The van der Waals surface area contributed by atoms with Crippen LogP contribution in [0.3, 0.4) is 0 Å². The third-order valence-corrected chi connectivity index (χ3v) is 5.25. The van der Waals surface area contributed by atoms with Gasteiger partial charge in [-0.25, -0.2) is 4.79 Å². The Labute approximate surface area is 144 Å². The second-order valence-corrected chi connectivity index (χ2v) is 6.54. The van der Waals surface area contributed by atoms with E-state index in [2.05, 4.69) is 0 Å². The minimum Gasteiger partial charge on any atom is -0.467 e. The summed E-state index contributed by atoms with van der Waals surface area (Å²) in [6.07, 6.45) is 0. The predicted octanol–water partition coefficient (Wildman–Crippen LogP) is 1.06. The van der Waals surface area contributed by atoms with Gasteiger partial charge in [0.1, 0.15) is 0 Å². The normalized spacial score (nSPS) is 26.6. The first kappa shape index (κ1) is 17.5. The Hall–Kier alpha value is -2.28. The molecule has 1 aliphatic rings. The van der Waals surface area contributed by atoms with Crippen molar-refractivity contribution in [1.82, 2.24) is 0 Å². The van der Waals surface area contributed by atoms with Crippen LogP contribution in [0.4, 0.5) is 0 Å². The Morgan fingerprint density at radius 3 is 2.48 bits per heavy atom. The van der Waals surface area contributed by atoms with E-state index in [4.69, 9.17) is 4.74 Å². The highest BCUT2D eigenvalue weighted by Gasteiger charge is 2.69. The van der Waals surface area contributed by atoms with E-state index in [0.717, 1.165) is 18.1 Å². The third kappa shape index (κ3) is 1.96. The molecule has 3 N–H and O–H groups in total. The van der Waals surface area contributed by atoms with Gasteiger partial charge in [0.25, 0.3) is 0 Å². The molecule has 0 radical (unpaired) electrons. The highest BCUT2D eigenvalue weighted by atomic mass is 16.5. The maximum absolute atomic E-state index is 13.0. The van der Waals surface area contributed by atoms with Crippen molar-refractivity contribution in [2.45, 2.75) is 25.0 Å². The summed E-state index contributed by atoms with van der Waals surface area (Å²) in [6, 6.07) is 8.49. The van der Waals surface area contributed by atoms with Gasteiger partial charge in [0.15, 0.2) is 11.4 Å². The molecule has 2 aromatic rings. The fraction of sp³-hybridized carbons (Fsp3) is 0.368. The number of aliphatic hydroxyl groups excluding tert-OH is 1. The molecule has 0 spiro atoms. The smallest absolute Gasteiger partial charge is 0.346 e. The summed E-state index contributed by atoms with van der Waals surface area (Å²) in [7, 11) is 1.07. The number of benzene rings is 2. The minimum absolute atomic E-state index is 0.0216. The zero-order valence-corrected chi connectivity index (χ0v) is 14.2. The predicted molar refractivity (Wildman–Crippen MR) is 90.1 cm³/mol. The maximum atomic E-state index is 13.0. The van der Waals surface area contributed by atoms with Crippen molar-refractivity contribution in [3.63, 3.8) is 0 Å². The number of fused-ring (bicyclic) bond motifs is 3. The van der Waals surface area contributed by atoms with Gasteiger partial charge in [-0.1, -0.05) is 37.3 Å². The lowest BCUT2D eigenvalue weighted by Gasteiger charge is -2.38. The molecule has 2 aromatic carbocycles. The molecule has 0 heterocycles. The average Bonchev–Trinajstić information content (AvgIpc) is 2.81. The molecule has 132 valence electrons. The zero-order valence-electron chi connectivity index (χ0n) is 14.2. The molecule has 3 rings (SSSR count). The van der Waals surface area contributed by atoms with Crippen molar-refractivity contribution in [1.29, 1.82) is 0 Å². The Bertz CT molecular complexity index is 889. The Morgan fingerprint density at radius 1 is 1.20 bits per heavy atom. The van der Waals surface area contributed by atoms with Crippen LogP contribution in [0.15, 0.2) is 30.3 Å². The lowest BCUT2D eigenvalue weighted by atomic mass is 9.73. The Morgan fingerprint density at radius 2 is 1.88 bits per heavy atom. The monoisotopic (exact) mass is 344 g/mol. The first-order valence-corrected chi connectivity index (χ1v) is 7.96. The molecule has 1 aliphatic carbocycles. The van der Waals surface area contributed by atoms with Crippen LogP contribution in [0.1, 0.15) is 28.4 Å². The van der Waals surface area contributed by atoms with Crippen LogP contribution in [0.5, 0.6) is 0 Å². The maximum Gasteiger partial charge on any atom is 0.346 e. The summed E-state index contributed by atoms with van der Waals surface area (Å²) < 4.78 is 4.73. The lowest BCUT2D eigenvalue weighted by molar-refractivity contribution is -0.196. The van der Waals surface area contributed by atoms with Crippen LogP contribution in [0.2, 0.25) is 0 Å². The molecule has 6 nitrogen and oxygen atoms in total. The number of aliphatic hydroxyl groups is 3. The van der Waals surface area contributed by atoms with E-state index >= 15 is 0 Å². The van der Waals surface area contributed by atoms with Crippen LogP contribution in [-0.2, 0) is 15.1 Å². The number of rotatable bonds is 3. The summed E-state index contributed by atoms with van der Waals surface area (Å²) in [5, 5.41) is 33.2. The van der Waals surface area contributed by atoms with Crippen LogP contribution in [-0.4, -0.2) is 46.4 Å². The van der Waals surface area contributed by atoms with Gasteiger partial charge in [-0.15, -0.1) is 0 Å². The molecule has 25 heavy (non-hydrogen) atoms. The van der Waals surface area contributed by atoms with Crippen molar-refractivity contribution in [2.24, 2.45) is 5.92 Å². The fourth-order valence-electron chi connectivity index (χ4n) is 3.77. The Kier molecular flexibility index (Phi) is 3.95. The van der Waals surface area contributed by atoms with Crippen LogP contribution >= 0.6 is 0 Å². The van der Waals surface area contributed by atoms with Crippen molar-refractivity contribution >= 4 is 22.5 Å². The number of ether oxygens (including phenoxy) is 1. The standard InChI is InChI=1S/C19H20O6/c1-10-5-4-6-13-12(10)7-8-14-15(13)19(24,17(22)25-3)18(23,16(14)21)11(2)9-20/h4-8,11,20,23-24H,9H2,1-3H3. The number of methoxy groups -OCH3 is 1. The van der Waals surface area contributed by atoms with Gasteiger partial charge < -0.3 is 20.1 Å². The topological polar surface area (TPSA) is 104 Å². The summed E-state index contributed by atoms with van der Waals surface area (Å²) in [4.78, 5) is 25.5. The highest BCUT2D eigenvalue weighted by Crippen LogP contribution is 2.51. The number of carbonyl (C=O) groups is 2. The van der Waals surface area contributed by atoms with Crippen molar-refractivity contribution < 1.29 is 29.6 Å². The lowest BCUT2D eigenvalue weighted by Crippen LogP contribution is -2.61. The summed E-state index contributed by atoms with van der Waals surface area (Å²) in [5.74, 6) is -3.03. The molecule has 3 unspecified atom stereocenters. The van der Waals surface area contributed by atoms with Gasteiger partial charge in [-0.2, -0.15) is 0 Å². The fourth-order valence-corrected chi connectivity index (χ4v) is 3.77. The summed E-state index contributed by atoms with van der Waals surface area (Å²) in [6.45, 7) is 2.67. The molecular formula is C19H20O6. The van der Waals surface area contributed by atoms with Gasteiger partial charge in [0.05, 0.1) is 7.11 Å². The van der Waals surface area contributed by atoms with Gasteiger partial charge in [-0.05, 0) is 23.3 Å². The summed E-state index contributed by atoms with van der Waals surface area (Å²) >= 11 is 0. The van der Waals surface area contributed by atoms with Crippen LogP contribution in [0.25, 0.3) is 10.8 Å². The largest absolute Gasteiger partial charge is 0.467 e. The molecule has 0 bridgehead atoms. The zero-order chi connectivity index (χ0) is 18.6. The molecule has 0 aliphatic heterocycles. The highest BCUT2D eigenvalue weighted by molar-refractivity contribution is 6.17. The molecule has 0 fully saturated rings. The number of ketones is 1. The first-order valence-electron chi connectivity index (χ1n) is 7.96. The van der Waals surface area contributed by atoms with Gasteiger partial charge in [-0.3, -0.25) is 4.79 Å². The first-order chi connectivity index (χ1) is 11.7. The quantitative estimate of drug-likeness (QED) is 0.720. The second kappa shape index (κ2) is 5.62. The number of Topliss-reactive ketones (excluding diaryl/α,β-unsaturated/α-hetero) is 1. The van der Waals surface area contributed by atoms with Crippen molar-refractivity contribution in [3.05, 3.63) is 47.0 Å².